The van der Waals surface area contributed by atoms with Gasteiger partial charge in [-0.05, 0) is 13.0 Å². The van der Waals surface area contributed by atoms with Gasteiger partial charge in [-0.15, -0.1) is 0 Å². The fourth-order valence-electron chi connectivity index (χ4n) is 1.68. The van der Waals surface area contributed by atoms with Crippen LogP contribution < -0.4 is 5.32 Å². The lowest BCUT2D eigenvalue weighted by atomic mass is 10.1. The molecule has 1 N–H and O–H groups in total. The molecule has 2 rings (SSSR count). The summed E-state index contributed by atoms with van der Waals surface area (Å²) < 4.78 is 0. The normalized spacial score (nSPS) is 10.2. The third-order valence-corrected chi connectivity index (χ3v) is 3.47. The van der Waals surface area contributed by atoms with Crippen molar-refractivity contribution in [2.75, 3.05) is 5.32 Å². The Morgan fingerprint density at radius 1 is 1.33 bits per heavy atom. The van der Waals surface area contributed by atoms with Gasteiger partial charge in [-0.25, -0.2) is 9.97 Å². The Kier molecular flexibility index (Phi) is 4.35. The SMILES string of the molecule is Cc1c(C(=O)Nc2ncnc(Cl)c2Cl)cccc1[N+](=O)[O-]. The second-order valence-corrected chi connectivity index (χ2v) is 4.72. The van der Waals surface area contributed by atoms with E-state index >= 15 is 0 Å². The second-order valence-electron chi connectivity index (χ2n) is 3.99. The standard InChI is InChI=1S/C12H8Cl2N4O3/c1-6-7(3-2-4-8(6)18(20)21)12(19)17-11-9(13)10(14)15-5-16-11/h2-5H,1H3,(H,15,16,17,19). The van der Waals surface area contributed by atoms with Crippen molar-refractivity contribution in [1.29, 1.82) is 0 Å². The van der Waals surface area contributed by atoms with E-state index in [0.29, 0.717) is 0 Å². The van der Waals surface area contributed by atoms with E-state index in [1.165, 1.54) is 25.1 Å². The molecule has 0 aliphatic carbocycles. The monoisotopic (exact) mass is 326 g/mol. The maximum atomic E-state index is 12.2. The largest absolute Gasteiger partial charge is 0.305 e. The zero-order valence-corrected chi connectivity index (χ0v) is 12.1. The number of nitro groups is 1. The second kappa shape index (κ2) is 6.02. The minimum absolute atomic E-state index is 0.00210. The molecule has 1 heterocycles. The van der Waals surface area contributed by atoms with E-state index < -0.39 is 10.8 Å². The fraction of sp³-hybridized carbons (Fsp3) is 0.0833. The number of amides is 1. The molecule has 7 nitrogen and oxygen atoms in total. The van der Waals surface area contributed by atoms with Crippen LogP contribution in [-0.4, -0.2) is 20.8 Å². The summed E-state index contributed by atoms with van der Waals surface area (Å²) in [5.41, 5.74) is 0.251. The van der Waals surface area contributed by atoms with Gasteiger partial charge < -0.3 is 5.32 Å². The van der Waals surface area contributed by atoms with E-state index in [-0.39, 0.29) is 32.8 Å². The van der Waals surface area contributed by atoms with Crippen molar-refractivity contribution in [1.82, 2.24) is 9.97 Å². The molecule has 0 saturated carbocycles. The average molecular weight is 327 g/mol. The van der Waals surface area contributed by atoms with Crippen LogP contribution in [-0.2, 0) is 0 Å². The van der Waals surface area contributed by atoms with E-state index in [1.54, 1.807) is 0 Å². The number of nitrogens with one attached hydrogen (secondary N) is 1. The van der Waals surface area contributed by atoms with Gasteiger partial charge in [0.2, 0.25) is 0 Å². The molecular formula is C12H8Cl2N4O3. The Bertz CT molecular complexity index is 736. The number of carbonyl (C=O) groups is 1. The molecule has 9 heteroatoms. The number of hydrogen-bond donors (Lipinski definition) is 1. The highest BCUT2D eigenvalue weighted by Gasteiger charge is 2.19. The molecule has 0 saturated heterocycles. The van der Waals surface area contributed by atoms with Crippen molar-refractivity contribution in [3.05, 3.63) is 55.9 Å². The van der Waals surface area contributed by atoms with Crippen molar-refractivity contribution in [2.45, 2.75) is 6.92 Å². The molecule has 21 heavy (non-hydrogen) atoms. The molecule has 0 fully saturated rings. The summed E-state index contributed by atoms with van der Waals surface area (Å²) in [6.07, 6.45) is 1.14. The van der Waals surface area contributed by atoms with Crippen molar-refractivity contribution < 1.29 is 9.72 Å². The molecular weight excluding hydrogens is 319 g/mol. The maximum absolute atomic E-state index is 12.2. The minimum atomic E-state index is -0.576. The number of nitro benzene ring substituents is 1. The van der Waals surface area contributed by atoms with Gasteiger partial charge in [-0.3, -0.25) is 14.9 Å². The first-order valence-electron chi connectivity index (χ1n) is 5.63. The van der Waals surface area contributed by atoms with Crippen LogP contribution in [0.1, 0.15) is 15.9 Å². The average Bonchev–Trinajstić information content (AvgIpc) is 2.43. The molecule has 1 amide bonds. The number of benzene rings is 1. The van der Waals surface area contributed by atoms with Crippen LogP contribution in [0.25, 0.3) is 0 Å². The maximum Gasteiger partial charge on any atom is 0.273 e. The summed E-state index contributed by atoms with van der Waals surface area (Å²) in [5.74, 6) is -0.541. The number of rotatable bonds is 3. The summed E-state index contributed by atoms with van der Waals surface area (Å²) >= 11 is 11.6. The van der Waals surface area contributed by atoms with Crippen molar-refractivity contribution in [2.24, 2.45) is 0 Å². The first-order valence-corrected chi connectivity index (χ1v) is 6.38. The lowest BCUT2D eigenvalue weighted by Crippen LogP contribution is -2.15. The third-order valence-electron chi connectivity index (χ3n) is 2.73. The molecule has 0 aliphatic heterocycles. The van der Waals surface area contributed by atoms with Crippen LogP contribution in [0.4, 0.5) is 11.5 Å². The van der Waals surface area contributed by atoms with Gasteiger partial charge in [0.05, 0.1) is 4.92 Å². The number of aromatic nitrogens is 2. The highest BCUT2D eigenvalue weighted by molar-refractivity contribution is 6.43. The molecule has 0 bridgehead atoms. The summed E-state index contributed by atoms with van der Waals surface area (Å²) in [4.78, 5) is 29.9. The van der Waals surface area contributed by atoms with E-state index in [2.05, 4.69) is 15.3 Å². The predicted octanol–water partition coefficient (Wildman–Crippen LogP) is 3.25. The predicted molar refractivity (Wildman–Crippen MR) is 77.8 cm³/mol. The molecule has 0 radical (unpaired) electrons. The molecule has 2 aromatic rings. The number of hydrogen-bond acceptors (Lipinski definition) is 5. The van der Waals surface area contributed by atoms with E-state index in [0.717, 1.165) is 6.33 Å². The van der Waals surface area contributed by atoms with Gasteiger partial charge in [0.25, 0.3) is 11.6 Å². The fourth-order valence-corrected chi connectivity index (χ4v) is 1.96. The van der Waals surface area contributed by atoms with Crippen LogP contribution in [0.3, 0.4) is 0 Å². The molecule has 0 unspecified atom stereocenters. The van der Waals surface area contributed by atoms with Gasteiger partial charge in [0, 0.05) is 17.2 Å². The van der Waals surface area contributed by atoms with E-state index in [4.69, 9.17) is 23.2 Å². The lowest BCUT2D eigenvalue weighted by molar-refractivity contribution is -0.385. The number of nitrogens with zero attached hydrogens (tertiary/aromatic N) is 3. The quantitative estimate of drug-likeness (QED) is 0.530. The van der Waals surface area contributed by atoms with Crippen LogP contribution in [0.5, 0.6) is 0 Å². The highest BCUT2D eigenvalue weighted by atomic mass is 35.5. The summed E-state index contributed by atoms with van der Waals surface area (Å²) in [7, 11) is 0. The lowest BCUT2D eigenvalue weighted by Gasteiger charge is -2.08. The Labute approximate surface area is 129 Å². The summed E-state index contributed by atoms with van der Waals surface area (Å²) in [6.45, 7) is 1.49. The minimum Gasteiger partial charge on any atom is -0.305 e. The smallest absolute Gasteiger partial charge is 0.273 e. The van der Waals surface area contributed by atoms with Gasteiger partial charge in [0.1, 0.15) is 11.3 Å². The van der Waals surface area contributed by atoms with Gasteiger partial charge in [0.15, 0.2) is 11.0 Å². The Morgan fingerprint density at radius 3 is 2.71 bits per heavy atom. The zero-order chi connectivity index (χ0) is 15.6. The van der Waals surface area contributed by atoms with Gasteiger partial charge >= 0.3 is 0 Å². The summed E-state index contributed by atoms with van der Waals surface area (Å²) in [6, 6.07) is 4.21. The highest BCUT2D eigenvalue weighted by Crippen LogP contribution is 2.27. The molecule has 0 aliphatic rings. The third kappa shape index (κ3) is 3.09. The van der Waals surface area contributed by atoms with Gasteiger partial charge in [-0.1, -0.05) is 29.3 Å². The first-order chi connectivity index (χ1) is 9.91. The van der Waals surface area contributed by atoms with E-state index in [1.807, 2.05) is 0 Å². The number of halogens is 2. The molecule has 108 valence electrons. The van der Waals surface area contributed by atoms with Crippen LogP contribution in [0.15, 0.2) is 24.5 Å². The topological polar surface area (TPSA) is 98.0 Å². The van der Waals surface area contributed by atoms with E-state index in [9.17, 15) is 14.9 Å². The molecule has 0 atom stereocenters. The van der Waals surface area contributed by atoms with Crippen LogP contribution in [0.2, 0.25) is 10.2 Å². The van der Waals surface area contributed by atoms with Crippen molar-refractivity contribution >= 4 is 40.6 Å². The van der Waals surface area contributed by atoms with Gasteiger partial charge in [-0.2, -0.15) is 0 Å². The molecule has 1 aromatic carbocycles. The zero-order valence-electron chi connectivity index (χ0n) is 10.6. The van der Waals surface area contributed by atoms with Crippen LogP contribution in [0, 0.1) is 17.0 Å². The summed E-state index contributed by atoms with van der Waals surface area (Å²) in [5, 5.41) is 13.3. The van der Waals surface area contributed by atoms with Crippen molar-refractivity contribution in [3.63, 3.8) is 0 Å². The Morgan fingerprint density at radius 2 is 2.05 bits per heavy atom. The number of anilines is 1. The molecule has 1 aromatic heterocycles. The Hall–Kier alpha value is -2.25. The van der Waals surface area contributed by atoms with Crippen molar-refractivity contribution in [3.8, 4) is 0 Å². The molecule has 0 spiro atoms. The first kappa shape index (κ1) is 15.1. The number of carbonyl (C=O) groups excluding carboxylic acids is 1. The van der Waals surface area contributed by atoms with Crippen LogP contribution >= 0.6 is 23.2 Å². The Balaban J connectivity index is 2.35.